The number of amides is 1. The van der Waals surface area contributed by atoms with Gasteiger partial charge in [0.2, 0.25) is 5.78 Å². The fourth-order valence-corrected chi connectivity index (χ4v) is 6.14. The molecule has 2 aromatic carbocycles. The summed E-state index contributed by atoms with van der Waals surface area (Å²) in [6, 6.07) is 10.7. The number of aliphatic hydroxyl groups is 1. The van der Waals surface area contributed by atoms with Gasteiger partial charge in [0.15, 0.2) is 39.5 Å². The number of ketones is 1. The number of nitrogens with zero attached hydrogens (tertiary/aromatic N) is 2. The van der Waals surface area contributed by atoms with Crippen LogP contribution in [0.15, 0.2) is 58.2 Å². The van der Waals surface area contributed by atoms with Crippen LogP contribution in [0.5, 0.6) is 17.2 Å². The van der Waals surface area contributed by atoms with Crippen molar-refractivity contribution in [2.75, 3.05) is 31.8 Å². The SMILES string of the molecule is CCOC(=O)c1sc(N2C(=O)C(O)=C(C(=O)c3cc4cccc(OC)c4o3)C2c2ccc(OCCC(C)C)c(OCC)c2)nc1C. The topological polar surface area (TPSA) is 138 Å². The molecule has 1 amide bonds. The first kappa shape index (κ1) is 32.6. The van der Waals surface area contributed by atoms with Crippen molar-refractivity contribution >= 4 is 45.1 Å². The van der Waals surface area contributed by atoms with Gasteiger partial charge in [-0.05, 0) is 62.9 Å². The molecule has 11 nitrogen and oxygen atoms in total. The van der Waals surface area contributed by atoms with E-state index in [-0.39, 0.29) is 27.9 Å². The van der Waals surface area contributed by atoms with Gasteiger partial charge >= 0.3 is 5.97 Å². The molecule has 1 N–H and O–H groups in total. The number of thiazole rings is 1. The van der Waals surface area contributed by atoms with Crippen LogP contribution >= 0.6 is 11.3 Å². The first-order chi connectivity index (χ1) is 22.1. The number of ether oxygens (including phenoxy) is 4. The Morgan fingerprint density at radius 3 is 2.54 bits per heavy atom. The molecule has 0 bridgehead atoms. The van der Waals surface area contributed by atoms with Crippen LogP contribution < -0.4 is 19.1 Å². The van der Waals surface area contributed by atoms with Gasteiger partial charge < -0.3 is 28.5 Å². The molecule has 0 aliphatic carbocycles. The number of esters is 1. The standard InChI is InChI=1S/C34H36N2O9S/c1-7-42-24-16-20(12-13-22(24)44-15-14-18(3)4)27-26(28(37)25-17-21-10-9-11-23(41-6)30(21)45-25)29(38)32(39)36(27)34-35-19(5)31(46-34)33(40)43-8-2/h9-13,16-18,27,38H,7-8,14-15H2,1-6H3. The number of fused-ring (bicyclic) bond motifs is 1. The molecule has 46 heavy (non-hydrogen) atoms. The van der Waals surface area contributed by atoms with Crippen molar-refractivity contribution in [3.8, 4) is 17.2 Å². The third-order valence-electron chi connectivity index (χ3n) is 7.39. The van der Waals surface area contributed by atoms with Gasteiger partial charge in [-0.15, -0.1) is 0 Å². The van der Waals surface area contributed by atoms with Crippen LogP contribution in [-0.2, 0) is 9.53 Å². The molecular formula is C34H36N2O9S. The summed E-state index contributed by atoms with van der Waals surface area (Å²) < 4.78 is 28.4. The number of hydrogen-bond donors (Lipinski definition) is 1. The van der Waals surface area contributed by atoms with Crippen LogP contribution in [0, 0.1) is 12.8 Å². The van der Waals surface area contributed by atoms with E-state index in [2.05, 4.69) is 18.8 Å². The zero-order valence-electron chi connectivity index (χ0n) is 26.5. The van der Waals surface area contributed by atoms with E-state index < -0.39 is 29.5 Å². The number of benzene rings is 2. The van der Waals surface area contributed by atoms with Crippen molar-refractivity contribution in [1.29, 1.82) is 0 Å². The summed E-state index contributed by atoms with van der Waals surface area (Å²) in [6.07, 6.45) is 0.835. The Bertz CT molecular complexity index is 1820. The fourth-order valence-electron chi connectivity index (χ4n) is 5.15. The first-order valence-corrected chi connectivity index (χ1v) is 15.8. The Hall–Kier alpha value is -4.84. The zero-order chi connectivity index (χ0) is 33.1. The predicted molar refractivity (Wildman–Crippen MR) is 172 cm³/mol. The molecule has 0 fully saturated rings. The summed E-state index contributed by atoms with van der Waals surface area (Å²) in [5.41, 5.74) is 0.920. The van der Waals surface area contributed by atoms with E-state index >= 15 is 0 Å². The van der Waals surface area contributed by atoms with Crippen molar-refractivity contribution in [2.45, 2.75) is 47.1 Å². The van der Waals surface area contributed by atoms with Gasteiger partial charge in [-0.2, -0.15) is 0 Å². The lowest BCUT2D eigenvalue weighted by atomic mass is 9.95. The third-order valence-corrected chi connectivity index (χ3v) is 8.53. The molecule has 2 aromatic heterocycles. The maximum atomic E-state index is 14.2. The molecule has 5 rings (SSSR count). The fraction of sp³-hybridized carbons (Fsp3) is 0.353. The average Bonchev–Trinajstić information content (AvgIpc) is 3.71. The van der Waals surface area contributed by atoms with Crippen molar-refractivity contribution in [3.05, 3.63) is 75.7 Å². The second kappa shape index (κ2) is 13.7. The summed E-state index contributed by atoms with van der Waals surface area (Å²) >= 11 is 0.933. The Kier molecular flexibility index (Phi) is 9.66. The average molecular weight is 649 g/mol. The minimum absolute atomic E-state index is 0.0955. The monoisotopic (exact) mass is 648 g/mol. The first-order valence-electron chi connectivity index (χ1n) is 15.0. The molecule has 1 aliphatic rings. The van der Waals surface area contributed by atoms with Crippen LogP contribution in [0.3, 0.4) is 0 Å². The molecule has 1 atom stereocenters. The Labute approximate surface area is 270 Å². The van der Waals surface area contributed by atoms with E-state index in [1.807, 2.05) is 6.92 Å². The van der Waals surface area contributed by atoms with Crippen LogP contribution in [0.25, 0.3) is 11.0 Å². The molecule has 4 aromatic rings. The normalized spacial score (nSPS) is 14.8. The van der Waals surface area contributed by atoms with E-state index in [4.69, 9.17) is 23.4 Å². The van der Waals surface area contributed by atoms with E-state index in [0.29, 0.717) is 58.6 Å². The number of anilines is 1. The number of Topliss-reactive ketones (excluding diaryl/α,β-unsaturated/α-hetero) is 1. The van der Waals surface area contributed by atoms with Crippen molar-refractivity contribution in [3.63, 3.8) is 0 Å². The largest absolute Gasteiger partial charge is 0.503 e. The highest BCUT2D eigenvalue weighted by Gasteiger charge is 2.47. The van der Waals surface area contributed by atoms with Gasteiger partial charge in [0.1, 0.15) is 4.88 Å². The number of methoxy groups -OCH3 is 1. The Morgan fingerprint density at radius 1 is 1.07 bits per heavy atom. The molecule has 0 saturated carbocycles. The quantitative estimate of drug-likeness (QED) is 0.119. The van der Waals surface area contributed by atoms with Gasteiger partial charge in [0.25, 0.3) is 5.91 Å². The number of carbonyl (C=O) groups is 3. The number of rotatable bonds is 13. The van der Waals surface area contributed by atoms with Crippen LogP contribution in [-0.4, -0.2) is 54.7 Å². The maximum Gasteiger partial charge on any atom is 0.350 e. The van der Waals surface area contributed by atoms with Gasteiger partial charge in [0.05, 0.1) is 44.2 Å². The molecule has 1 aliphatic heterocycles. The zero-order valence-corrected chi connectivity index (χ0v) is 27.4. The van der Waals surface area contributed by atoms with E-state index in [1.165, 1.54) is 18.1 Å². The summed E-state index contributed by atoms with van der Waals surface area (Å²) in [5, 5.41) is 12.0. The molecule has 3 heterocycles. The van der Waals surface area contributed by atoms with Gasteiger partial charge in [-0.1, -0.05) is 43.4 Å². The number of para-hydroxylation sites is 1. The van der Waals surface area contributed by atoms with Gasteiger partial charge in [0, 0.05) is 5.39 Å². The second-order valence-corrected chi connectivity index (χ2v) is 11.9. The molecule has 0 spiro atoms. The highest BCUT2D eigenvalue weighted by molar-refractivity contribution is 7.17. The number of hydrogen-bond acceptors (Lipinski definition) is 11. The number of aryl methyl sites for hydroxylation is 1. The number of aliphatic hydroxyl groups excluding tert-OH is 1. The van der Waals surface area contributed by atoms with Crippen LogP contribution in [0.4, 0.5) is 5.13 Å². The minimum Gasteiger partial charge on any atom is -0.503 e. The van der Waals surface area contributed by atoms with Gasteiger partial charge in [-0.3, -0.25) is 14.5 Å². The van der Waals surface area contributed by atoms with Crippen LogP contribution in [0.1, 0.15) is 71.6 Å². The van der Waals surface area contributed by atoms with E-state index in [9.17, 15) is 19.5 Å². The van der Waals surface area contributed by atoms with Crippen molar-refractivity contribution in [1.82, 2.24) is 4.98 Å². The Balaban J connectivity index is 1.64. The second-order valence-electron chi connectivity index (χ2n) is 11.0. The van der Waals surface area contributed by atoms with E-state index in [0.717, 1.165) is 17.8 Å². The van der Waals surface area contributed by atoms with Crippen molar-refractivity contribution < 1.29 is 42.9 Å². The molecule has 12 heteroatoms. The van der Waals surface area contributed by atoms with Crippen molar-refractivity contribution in [2.24, 2.45) is 5.92 Å². The summed E-state index contributed by atoms with van der Waals surface area (Å²) in [7, 11) is 1.49. The molecule has 1 unspecified atom stereocenters. The lowest BCUT2D eigenvalue weighted by molar-refractivity contribution is -0.117. The third kappa shape index (κ3) is 6.17. The summed E-state index contributed by atoms with van der Waals surface area (Å²) in [5.74, 6) is -1.23. The highest BCUT2D eigenvalue weighted by Crippen LogP contribution is 2.46. The van der Waals surface area contributed by atoms with E-state index in [1.54, 1.807) is 50.2 Å². The van der Waals surface area contributed by atoms with Gasteiger partial charge in [-0.25, -0.2) is 9.78 Å². The predicted octanol–water partition coefficient (Wildman–Crippen LogP) is 6.99. The number of aromatic nitrogens is 1. The number of furan rings is 1. The lowest BCUT2D eigenvalue weighted by Crippen LogP contribution is -2.31. The maximum absolute atomic E-state index is 14.2. The Morgan fingerprint density at radius 2 is 1.85 bits per heavy atom. The summed E-state index contributed by atoms with van der Waals surface area (Å²) in [4.78, 5) is 46.6. The molecule has 0 saturated heterocycles. The van der Waals surface area contributed by atoms with Crippen LogP contribution in [0.2, 0.25) is 0 Å². The highest BCUT2D eigenvalue weighted by atomic mass is 32.1. The molecular weight excluding hydrogens is 612 g/mol. The summed E-state index contributed by atoms with van der Waals surface area (Å²) in [6.45, 7) is 10.3. The number of carbonyl (C=O) groups excluding carboxylic acids is 3. The molecule has 0 radical (unpaired) electrons. The molecule has 242 valence electrons. The minimum atomic E-state index is -1.15. The lowest BCUT2D eigenvalue weighted by Gasteiger charge is -2.25. The smallest absolute Gasteiger partial charge is 0.350 e.